The summed E-state index contributed by atoms with van der Waals surface area (Å²) in [7, 11) is 0. The van der Waals surface area contributed by atoms with Gasteiger partial charge in [-0.15, -0.1) is 0 Å². The van der Waals surface area contributed by atoms with Crippen molar-refractivity contribution in [1.29, 1.82) is 0 Å². The molecule has 4 nitrogen and oxygen atoms in total. The molecule has 3 atom stereocenters. The van der Waals surface area contributed by atoms with E-state index in [0.717, 1.165) is 25.8 Å². The highest BCUT2D eigenvalue weighted by Crippen LogP contribution is 2.29. The molecule has 1 aliphatic rings. The zero-order valence-electron chi connectivity index (χ0n) is 12.3. The summed E-state index contributed by atoms with van der Waals surface area (Å²) < 4.78 is 5.43. The van der Waals surface area contributed by atoms with Crippen LogP contribution in [0.15, 0.2) is 0 Å². The lowest BCUT2D eigenvalue weighted by Gasteiger charge is -2.34. The first kappa shape index (κ1) is 15.3. The minimum Gasteiger partial charge on any atom is -0.444 e. The maximum atomic E-state index is 12.1. The molecule has 1 heterocycles. The zero-order valence-corrected chi connectivity index (χ0v) is 12.3. The third-order valence-electron chi connectivity index (χ3n) is 3.51. The van der Waals surface area contributed by atoms with Gasteiger partial charge in [0, 0.05) is 18.5 Å². The van der Waals surface area contributed by atoms with Crippen LogP contribution < -0.4 is 0 Å². The van der Waals surface area contributed by atoms with Crippen LogP contribution in [-0.4, -0.2) is 40.4 Å². The highest BCUT2D eigenvalue weighted by molar-refractivity contribution is 5.69. The number of hydrogen-bond acceptors (Lipinski definition) is 3. The molecule has 1 aliphatic heterocycles. The molecule has 4 heteroatoms. The molecule has 18 heavy (non-hydrogen) atoms. The van der Waals surface area contributed by atoms with E-state index >= 15 is 0 Å². The summed E-state index contributed by atoms with van der Waals surface area (Å²) in [4.78, 5) is 13.9. The molecule has 1 amide bonds. The number of carbonyl (C=O) groups is 1. The molecular formula is C14H27NO3. The summed E-state index contributed by atoms with van der Waals surface area (Å²) >= 11 is 0. The summed E-state index contributed by atoms with van der Waals surface area (Å²) in [5.41, 5.74) is -0.462. The Morgan fingerprint density at radius 2 is 2.11 bits per heavy atom. The topological polar surface area (TPSA) is 49.8 Å². The van der Waals surface area contributed by atoms with Crippen LogP contribution in [-0.2, 0) is 4.74 Å². The predicted octanol–water partition coefficient (Wildman–Crippen LogP) is 2.79. The largest absolute Gasteiger partial charge is 0.444 e. The average Bonchev–Trinajstić information content (AvgIpc) is 2.64. The normalized spacial score (nSPS) is 23.9. The number of aliphatic hydroxyl groups is 1. The van der Waals surface area contributed by atoms with E-state index in [2.05, 4.69) is 6.92 Å². The molecule has 0 aromatic rings. The standard InChI is InChI=1S/C14H27NO3/c1-6-11(10(2)16)12-8-7-9-15(12)13(17)18-14(3,4)5/h10-12,16H,6-9H2,1-5H3/t10-,11?,12+/m1/s1. The number of carbonyl (C=O) groups excluding carboxylic acids is 1. The molecule has 1 fully saturated rings. The number of likely N-dealkylation sites (tertiary alicyclic amines) is 1. The summed E-state index contributed by atoms with van der Waals surface area (Å²) in [5, 5.41) is 9.83. The molecule has 1 N–H and O–H groups in total. The second kappa shape index (κ2) is 5.91. The maximum Gasteiger partial charge on any atom is 0.410 e. The number of rotatable bonds is 3. The smallest absolute Gasteiger partial charge is 0.410 e. The van der Waals surface area contributed by atoms with E-state index in [4.69, 9.17) is 4.74 Å². The Morgan fingerprint density at radius 3 is 2.56 bits per heavy atom. The SMILES string of the molecule is CCC([C@@H](C)O)[C@@H]1CCCN1C(=O)OC(C)(C)C. The second-order valence-corrected chi connectivity index (χ2v) is 6.20. The number of hydrogen-bond donors (Lipinski definition) is 1. The second-order valence-electron chi connectivity index (χ2n) is 6.20. The van der Waals surface area contributed by atoms with Gasteiger partial charge >= 0.3 is 6.09 Å². The van der Waals surface area contributed by atoms with Crippen LogP contribution in [0.1, 0.15) is 53.9 Å². The molecule has 0 aromatic carbocycles. The number of amides is 1. The lowest BCUT2D eigenvalue weighted by atomic mass is 9.90. The molecule has 1 unspecified atom stereocenters. The van der Waals surface area contributed by atoms with Crippen LogP contribution in [0, 0.1) is 5.92 Å². The van der Waals surface area contributed by atoms with Gasteiger partial charge in [-0.3, -0.25) is 0 Å². The Kier molecular flexibility index (Phi) is 5.02. The van der Waals surface area contributed by atoms with Crippen molar-refractivity contribution < 1.29 is 14.6 Å². The number of aliphatic hydroxyl groups excluding tert-OH is 1. The van der Waals surface area contributed by atoms with Crippen molar-refractivity contribution >= 4 is 6.09 Å². The first-order chi connectivity index (χ1) is 8.26. The van der Waals surface area contributed by atoms with E-state index in [1.165, 1.54) is 0 Å². The predicted molar refractivity (Wildman–Crippen MR) is 71.4 cm³/mol. The van der Waals surface area contributed by atoms with Gasteiger partial charge in [0.15, 0.2) is 0 Å². The Balaban J connectivity index is 2.72. The first-order valence-corrected chi connectivity index (χ1v) is 6.94. The van der Waals surface area contributed by atoms with E-state index in [1.807, 2.05) is 20.8 Å². The Bertz CT molecular complexity index is 283. The number of ether oxygens (including phenoxy) is 1. The van der Waals surface area contributed by atoms with Crippen LogP contribution in [0.3, 0.4) is 0 Å². The number of nitrogens with zero attached hydrogens (tertiary/aromatic N) is 1. The van der Waals surface area contributed by atoms with Gasteiger partial charge in [-0.2, -0.15) is 0 Å². The van der Waals surface area contributed by atoms with Crippen LogP contribution >= 0.6 is 0 Å². The maximum absolute atomic E-state index is 12.1. The fourth-order valence-electron chi connectivity index (χ4n) is 2.72. The van der Waals surface area contributed by atoms with Gasteiger partial charge in [0.1, 0.15) is 5.60 Å². The summed E-state index contributed by atoms with van der Waals surface area (Å²) in [5.74, 6) is 0.139. The highest BCUT2D eigenvalue weighted by atomic mass is 16.6. The molecule has 0 aliphatic carbocycles. The van der Waals surface area contributed by atoms with Gasteiger partial charge in [-0.25, -0.2) is 4.79 Å². The summed E-state index contributed by atoms with van der Waals surface area (Å²) in [6.45, 7) is 10.2. The quantitative estimate of drug-likeness (QED) is 0.845. The lowest BCUT2D eigenvalue weighted by Crippen LogP contribution is -2.45. The van der Waals surface area contributed by atoms with Gasteiger partial charge in [0.25, 0.3) is 0 Å². The molecule has 1 rings (SSSR count). The van der Waals surface area contributed by atoms with Crippen molar-refractivity contribution in [3.8, 4) is 0 Å². The molecule has 0 saturated carbocycles. The first-order valence-electron chi connectivity index (χ1n) is 6.94. The highest BCUT2D eigenvalue weighted by Gasteiger charge is 2.37. The third kappa shape index (κ3) is 3.87. The molecule has 0 aromatic heterocycles. The molecule has 0 radical (unpaired) electrons. The molecular weight excluding hydrogens is 230 g/mol. The molecule has 0 bridgehead atoms. The van der Waals surface area contributed by atoms with E-state index in [-0.39, 0.29) is 24.2 Å². The average molecular weight is 257 g/mol. The molecule has 106 valence electrons. The monoisotopic (exact) mass is 257 g/mol. The van der Waals surface area contributed by atoms with Crippen molar-refractivity contribution in [1.82, 2.24) is 4.90 Å². The Labute approximate surface area is 110 Å². The van der Waals surface area contributed by atoms with Gasteiger partial charge in [0.2, 0.25) is 0 Å². The third-order valence-corrected chi connectivity index (χ3v) is 3.51. The van der Waals surface area contributed by atoms with Crippen molar-refractivity contribution in [3.63, 3.8) is 0 Å². The van der Waals surface area contributed by atoms with Crippen LogP contribution in [0.4, 0.5) is 4.79 Å². The molecule has 1 saturated heterocycles. The lowest BCUT2D eigenvalue weighted by molar-refractivity contribution is 0.00634. The van der Waals surface area contributed by atoms with Gasteiger partial charge in [0.05, 0.1) is 6.10 Å². The zero-order chi connectivity index (χ0) is 13.9. The van der Waals surface area contributed by atoms with Crippen LogP contribution in [0.5, 0.6) is 0 Å². The fraction of sp³-hybridized carbons (Fsp3) is 0.929. The van der Waals surface area contributed by atoms with Crippen molar-refractivity contribution in [2.75, 3.05) is 6.54 Å². The Morgan fingerprint density at radius 1 is 1.50 bits per heavy atom. The van der Waals surface area contributed by atoms with Gasteiger partial charge < -0.3 is 14.7 Å². The summed E-state index contributed by atoms with van der Waals surface area (Å²) in [6, 6.07) is 0.116. The van der Waals surface area contributed by atoms with E-state index < -0.39 is 5.60 Å². The van der Waals surface area contributed by atoms with E-state index in [0.29, 0.717) is 0 Å². The summed E-state index contributed by atoms with van der Waals surface area (Å²) in [6.07, 6.45) is 2.20. The minimum atomic E-state index is -0.462. The van der Waals surface area contributed by atoms with E-state index in [9.17, 15) is 9.90 Å². The van der Waals surface area contributed by atoms with E-state index in [1.54, 1.807) is 11.8 Å². The Hall–Kier alpha value is -0.770. The van der Waals surface area contributed by atoms with Crippen LogP contribution in [0.2, 0.25) is 0 Å². The van der Waals surface area contributed by atoms with Crippen LogP contribution in [0.25, 0.3) is 0 Å². The molecule has 0 spiro atoms. The van der Waals surface area contributed by atoms with Crippen molar-refractivity contribution in [2.45, 2.75) is 71.6 Å². The van der Waals surface area contributed by atoms with Crippen molar-refractivity contribution in [3.05, 3.63) is 0 Å². The van der Waals surface area contributed by atoms with Crippen molar-refractivity contribution in [2.24, 2.45) is 5.92 Å². The van der Waals surface area contributed by atoms with Gasteiger partial charge in [-0.1, -0.05) is 6.92 Å². The minimum absolute atomic E-state index is 0.116. The fourth-order valence-corrected chi connectivity index (χ4v) is 2.72. The van der Waals surface area contributed by atoms with Gasteiger partial charge in [-0.05, 0) is 47.0 Å².